The van der Waals surface area contributed by atoms with Gasteiger partial charge in [0.1, 0.15) is 11.8 Å². The van der Waals surface area contributed by atoms with Gasteiger partial charge in [-0.15, -0.1) is 0 Å². The fourth-order valence-corrected chi connectivity index (χ4v) is 4.08. The lowest BCUT2D eigenvalue weighted by Gasteiger charge is -2.30. The molecule has 1 aliphatic carbocycles. The highest BCUT2D eigenvalue weighted by Crippen LogP contribution is 2.20. The van der Waals surface area contributed by atoms with Crippen molar-refractivity contribution in [2.45, 2.75) is 57.7 Å². The van der Waals surface area contributed by atoms with Gasteiger partial charge in [-0.1, -0.05) is 48.7 Å². The molecule has 0 aromatic heterocycles. The van der Waals surface area contributed by atoms with E-state index in [9.17, 15) is 9.59 Å². The largest absolute Gasteiger partial charge is 0.497 e. The first-order valence-electron chi connectivity index (χ1n) is 10.4. The number of halogens is 1. The first kappa shape index (κ1) is 22.2. The summed E-state index contributed by atoms with van der Waals surface area (Å²) in [5.41, 5.74) is 1.74. The van der Waals surface area contributed by atoms with Crippen molar-refractivity contribution in [3.63, 3.8) is 0 Å². The molecule has 1 N–H and O–H groups in total. The Balaban J connectivity index is 1.78. The zero-order valence-corrected chi connectivity index (χ0v) is 18.3. The molecule has 0 radical (unpaired) electrons. The summed E-state index contributed by atoms with van der Waals surface area (Å²) in [5, 5.41) is 3.71. The van der Waals surface area contributed by atoms with Crippen LogP contribution in [-0.2, 0) is 22.6 Å². The number of carbonyl (C=O) groups excluding carboxylic acids is 2. The summed E-state index contributed by atoms with van der Waals surface area (Å²) in [6, 6.07) is 14.5. The Morgan fingerprint density at radius 1 is 1.13 bits per heavy atom. The molecule has 0 aliphatic heterocycles. The number of methoxy groups -OCH3 is 1. The van der Waals surface area contributed by atoms with Gasteiger partial charge in [-0.2, -0.15) is 0 Å². The van der Waals surface area contributed by atoms with Crippen LogP contribution in [0, 0.1) is 0 Å². The quantitative estimate of drug-likeness (QED) is 0.679. The molecule has 1 saturated carbocycles. The number of benzene rings is 2. The van der Waals surface area contributed by atoms with E-state index in [1.807, 2.05) is 36.4 Å². The molecule has 0 bridgehead atoms. The number of hydrogen-bond donors (Lipinski definition) is 1. The molecule has 160 valence electrons. The fraction of sp³-hybridized carbons (Fsp3) is 0.417. The maximum atomic E-state index is 13.2. The highest BCUT2D eigenvalue weighted by atomic mass is 35.5. The van der Waals surface area contributed by atoms with E-state index in [0.29, 0.717) is 11.6 Å². The van der Waals surface area contributed by atoms with Crippen LogP contribution in [-0.4, -0.2) is 35.9 Å². The summed E-state index contributed by atoms with van der Waals surface area (Å²) in [5.74, 6) is 0.496. The number of nitrogens with one attached hydrogen (secondary N) is 1. The normalized spacial score (nSPS) is 14.9. The van der Waals surface area contributed by atoms with Crippen molar-refractivity contribution < 1.29 is 14.3 Å². The van der Waals surface area contributed by atoms with Crippen LogP contribution in [0.25, 0.3) is 0 Å². The molecule has 3 rings (SSSR count). The molecule has 1 fully saturated rings. The first-order valence-corrected chi connectivity index (χ1v) is 10.8. The van der Waals surface area contributed by atoms with Gasteiger partial charge in [0.25, 0.3) is 0 Å². The average molecular weight is 429 g/mol. The lowest BCUT2D eigenvalue weighted by Crippen LogP contribution is -2.50. The van der Waals surface area contributed by atoms with Crippen molar-refractivity contribution in [3.8, 4) is 5.75 Å². The van der Waals surface area contributed by atoms with Gasteiger partial charge in [0.05, 0.1) is 13.5 Å². The lowest BCUT2D eigenvalue weighted by atomic mass is 10.1. The van der Waals surface area contributed by atoms with E-state index in [4.69, 9.17) is 16.3 Å². The highest BCUT2D eigenvalue weighted by Gasteiger charge is 2.28. The fourth-order valence-electron chi connectivity index (χ4n) is 3.87. The summed E-state index contributed by atoms with van der Waals surface area (Å²) in [7, 11) is 1.61. The van der Waals surface area contributed by atoms with Crippen LogP contribution in [0.4, 0.5) is 0 Å². The van der Waals surface area contributed by atoms with Crippen LogP contribution < -0.4 is 10.1 Å². The number of rotatable bonds is 8. The van der Waals surface area contributed by atoms with Gasteiger partial charge in [-0.3, -0.25) is 9.59 Å². The van der Waals surface area contributed by atoms with Gasteiger partial charge >= 0.3 is 0 Å². The van der Waals surface area contributed by atoms with E-state index in [-0.39, 0.29) is 24.3 Å². The zero-order valence-electron chi connectivity index (χ0n) is 17.6. The summed E-state index contributed by atoms with van der Waals surface area (Å²) in [6.45, 7) is 2.12. The third kappa shape index (κ3) is 5.99. The van der Waals surface area contributed by atoms with Crippen LogP contribution in [0.15, 0.2) is 48.5 Å². The van der Waals surface area contributed by atoms with E-state index in [2.05, 4.69) is 5.32 Å². The van der Waals surface area contributed by atoms with Crippen LogP contribution in [0.3, 0.4) is 0 Å². The van der Waals surface area contributed by atoms with Crippen LogP contribution >= 0.6 is 11.6 Å². The second kappa shape index (κ2) is 10.5. The van der Waals surface area contributed by atoms with Crippen molar-refractivity contribution >= 4 is 23.4 Å². The molecule has 6 heteroatoms. The van der Waals surface area contributed by atoms with Crippen LogP contribution in [0.1, 0.15) is 43.7 Å². The van der Waals surface area contributed by atoms with Crippen molar-refractivity contribution in [1.29, 1.82) is 0 Å². The molecule has 1 aliphatic rings. The minimum absolute atomic E-state index is 0.107. The van der Waals surface area contributed by atoms with Crippen LogP contribution in [0.2, 0.25) is 5.02 Å². The maximum Gasteiger partial charge on any atom is 0.242 e. The molecule has 2 amide bonds. The Bertz CT molecular complexity index is 880. The minimum atomic E-state index is -0.580. The Morgan fingerprint density at radius 3 is 2.53 bits per heavy atom. The summed E-state index contributed by atoms with van der Waals surface area (Å²) < 4.78 is 5.30. The molecule has 2 aromatic carbocycles. The molecule has 0 heterocycles. The van der Waals surface area contributed by atoms with Crippen LogP contribution in [0.5, 0.6) is 5.75 Å². The second-order valence-corrected chi connectivity index (χ2v) is 8.28. The average Bonchev–Trinajstić information content (AvgIpc) is 3.24. The van der Waals surface area contributed by atoms with E-state index in [1.165, 1.54) is 0 Å². The molecule has 2 aromatic rings. The lowest BCUT2D eigenvalue weighted by molar-refractivity contribution is -0.140. The van der Waals surface area contributed by atoms with Crippen molar-refractivity contribution in [1.82, 2.24) is 10.2 Å². The van der Waals surface area contributed by atoms with Crippen molar-refractivity contribution in [2.75, 3.05) is 7.11 Å². The molecule has 0 unspecified atom stereocenters. The zero-order chi connectivity index (χ0) is 21.5. The Morgan fingerprint density at radius 2 is 1.83 bits per heavy atom. The van der Waals surface area contributed by atoms with E-state index in [0.717, 1.165) is 42.6 Å². The molecular formula is C24H29ClN2O3. The second-order valence-electron chi connectivity index (χ2n) is 7.85. The molecule has 1 atom stereocenters. The minimum Gasteiger partial charge on any atom is -0.497 e. The van der Waals surface area contributed by atoms with Gasteiger partial charge in [0.2, 0.25) is 11.8 Å². The number of carbonyl (C=O) groups is 2. The standard InChI is InChI=1S/C24H29ClN2O3/c1-17(24(29)26-21-10-3-4-11-21)27(16-19-8-6-12-22(14-19)30-2)23(28)15-18-7-5-9-20(25)13-18/h5-9,12-14,17,21H,3-4,10-11,15-16H2,1-2H3,(H,26,29)/t17-/m0/s1. The molecule has 0 saturated heterocycles. The number of amides is 2. The smallest absolute Gasteiger partial charge is 0.242 e. The number of hydrogen-bond acceptors (Lipinski definition) is 3. The monoisotopic (exact) mass is 428 g/mol. The molecule has 0 spiro atoms. The predicted molar refractivity (Wildman–Crippen MR) is 119 cm³/mol. The highest BCUT2D eigenvalue weighted by molar-refractivity contribution is 6.30. The number of ether oxygens (including phenoxy) is 1. The number of nitrogens with zero attached hydrogens (tertiary/aromatic N) is 1. The molecule has 5 nitrogen and oxygen atoms in total. The first-order chi connectivity index (χ1) is 14.5. The Kier molecular flexibility index (Phi) is 7.75. The van der Waals surface area contributed by atoms with Gasteiger partial charge in [-0.05, 0) is 55.2 Å². The Hall–Kier alpha value is -2.53. The summed E-state index contributed by atoms with van der Waals surface area (Å²) in [6.07, 6.45) is 4.47. The predicted octanol–water partition coefficient (Wildman–Crippen LogP) is 4.37. The van der Waals surface area contributed by atoms with E-state index < -0.39 is 6.04 Å². The van der Waals surface area contributed by atoms with Gasteiger partial charge in [-0.25, -0.2) is 0 Å². The topological polar surface area (TPSA) is 58.6 Å². The van der Waals surface area contributed by atoms with Gasteiger partial charge in [0, 0.05) is 17.6 Å². The maximum absolute atomic E-state index is 13.2. The summed E-state index contributed by atoms with van der Waals surface area (Å²) in [4.78, 5) is 27.8. The van der Waals surface area contributed by atoms with Gasteiger partial charge in [0.15, 0.2) is 0 Å². The van der Waals surface area contributed by atoms with Gasteiger partial charge < -0.3 is 15.0 Å². The third-order valence-corrected chi connectivity index (χ3v) is 5.84. The molecular weight excluding hydrogens is 400 g/mol. The van der Waals surface area contributed by atoms with E-state index in [1.54, 1.807) is 31.1 Å². The SMILES string of the molecule is COc1cccc(CN(C(=O)Cc2cccc(Cl)c2)[C@@H](C)C(=O)NC2CCCC2)c1. The third-order valence-electron chi connectivity index (χ3n) is 5.60. The Labute approximate surface area is 183 Å². The summed E-state index contributed by atoms with van der Waals surface area (Å²) >= 11 is 6.08. The van der Waals surface area contributed by atoms with E-state index >= 15 is 0 Å². The molecule has 30 heavy (non-hydrogen) atoms. The van der Waals surface area contributed by atoms with Crippen molar-refractivity contribution in [3.05, 3.63) is 64.7 Å². The van der Waals surface area contributed by atoms with Crippen molar-refractivity contribution in [2.24, 2.45) is 0 Å².